The monoisotopic (exact) mass is 556 g/mol. The van der Waals surface area contributed by atoms with Crippen molar-refractivity contribution < 1.29 is 14.3 Å². The number of hydrogen-bond donors (Lipinski definition) is 1. The van der Waals surface area contributed by atoms with Crippen LogP contribution in [0.4, 0.5) is 0 Å². The number of carbonyl (C=O) groups is 2. The maximum Gasteiger partial charge on any atom is 0.261 e. The van der Waals surface area contributed by atoms with E-state index in [0.29, 0.717) is 17.2 Å². The van der Waals surface area contributed by atoms with Crippen LogP contribution in [0.3, 0.4) is 0 Å². The number of ether oxygens (including phenoxy) is 1. The lowest BCUT2D eigenvalue weighted by atomic mass is 10.0. The summed E-state index contributed by atoms with van der Waals surface area (Å²) < 4.78 is 6.69. The lowest BCUT2D eigenvalue weighted by Crippen LogP contribution is -2.55. The summed E-state index contributed by atoms with van der Waals surface area (Å²) in [5.74, 6) is -0.104. The lowest BCUT2D eigenvalue weighted by molar-refractivity contribution is -0.143. The number of amides is 2. The second-order valence-corrected chi connectivity index (χ2v) is 10.6. The smallest absolute Gasteiger partial charge is 0.261 e. The third-order valence-corrected chi connectivity index (χ3v) is 6.06. The van der Waals surface area contributed by atoms with E-state index in [1.54, 1.807) is 29.2 Å². The van der Waals surface area contributed by atoms with Gasteiger partial charge in [0, 0.05) is 23.0 Å². The molecule has 0 aliphatic heterocycles. The van der Waals surface area contributed by atoms with Gasteiger partial charge in [-0.1, -0.05) is 82.1 Å². The molecule has 0 aromatic heterocycles. The Kier molecular flexibility index (Phi) is 9.35. The Balaban J connectivity index is 1.93. The molecule has 0 aliphatic rings. The van der Waals surface area contributed by atoms with Gasteiger partial charge in [0.2, 0.25) is 5.91 Å². The third kappa shape index (κ3) is 8.41. The highest BCUT2D eigenvalue weighted by atomic mass is 79.9. The van der Waals surface area contributed by atoms with Crippen LogP contribution in [0.25, 0.3) is 0 Å². The summed E-state index contributed by atoms with van der Waals surface area (Å²) in [6.07, 6.45) is 0.372. The van der Waals surface area contributed by atoms with Crippen molar-refractivity contribution in [1.29, 1.82) is 0 Å². The van der Waals surface area contributed by atoms with E-state index in [-0.39, 0.29) is 25.0 Å². The molecule has 1 N–H and O–H groups in total. The van der Waals surface area contributed by atoms with Crippen LogP contribution in [0.2, 0.25) is 5.02 Å². The first-order valence-electron chi connectivity index (χ1n) is 11.4. The molecule has 0 unspecified atom stereocenters. The number of nitrogens with one attached hydrogen (secondary N) is 1. The summed E-state index contributed by atoms with van der Waals surface area (Å²) >= 11 is 9.66. The maximum absolute atomic E-state index is 13.6. The average Bonchev–Trinajstić information content (AvgIpc) is 2.81. The van der Waals surface area contributed by atoms with E-state index in [4.69, 9.17) is 16.3 Å². The molecular weight excluding hydrogens is 528 g/mol. The summed E-state index contributed by atoms with van der Waals surface area (Å²) in [4.78, 5) is 28.7. The van der Waals surface area contributed by atoms with Crippen molar-refractivity contribution >= 4 is 39.3 Å². The van der Waals surface area contributed by atoms with Crippen molar-refractivity contribution in [2.24, 2.45) is 0 Å². The molecule has 7 heteroatoms. The molecule has 0 radical (unpaired) electrons. The van der Waals surface area contributed by atoms with Gasteiger partial charge in [0.15, 0.2) is 6.61 Å². The molecule has 3 rings (SSSR count). The van der Waals surface area contributed by atoms with E-state index in [2.05, 4.69) is 21.2 Å². The van der Waals surface area contributed by atoms with Gasteiger partial charge < -0.3 is 15.0 Å². The van der Waals surface area contributed by atoms with Crippen LogP contribution in [0, 0.1) is 0 Å². The van der Waals surface area contributed by atoms with Crippen molar-refractivity contribution in [3.8, 4) is 5.75 Å². The van der Waals surface area contributed by atoms with Crippen molar-refractivity contribution in [3.63, 3.8) is 0 Å². The van der Waals surface area contributed by atoms with Gasteiger partial charge in [-0.05, 0) is 56.2 Å². The lowest BCUT2D eigenvalue weighted by Gasteiger charge is -2.33. The van der Waals surface area contributed by atoms with Crippen LogP contribution in [-0.2, 0) is 22.6 Å². The van der Waals surface area contributed by atoms with Crippen molar-refractivity contribution in [2.45, 2.75) is 45.3 Å². The molecule has 0 saturated heterocycles. The highest BCUT2D eigenvalue weighted by molar-refractivity contribution is 9.10. The fourth-order valence-electron chi connectivity index (χ4n) is 3.58. The summed E-state index contributed by atoms with van der Waals surface area (Å²) in [6, 6.07) is 23.7. The Bertz CT molecular complexity index is 1130. The zero-order valence-corrected chi connectivity index (χ0v) is 22.5. The minimum atomic E-state index is -0.734. The molecule has 0 heterocycles. The highest BCUT2D eigenvalue weighted by Gasteiger charge is 2.32. The van der Waals surface area contributed by atoms with Crippen LogP contribution in [0.5, 0.6) is 5.75 Å². The Hall–Kier alpha value is -2.83. The van der Waals surface area contributed by atoms with Gasteiger partial charge in [0.1, 0.15) is 11.8 Å². The fraction of sp³-hybridized carbons (Fsp3) is 0.286. The minimum absolute atomic E-state index is 0.218. The highest BCUT2D eigenvalue weighted by Crippen LogP contribution is 2.24. The van der Waals surface area contributed by atoms with Crippen LogP contribution in [-0.4, -0.2) is 34.9 Å². The van der Waals surface area contributed by atoms with Crippen LogP contribution in [0.1, 0.15) is 31.9 Å². The molecule has 0 aliphatic carbocycles. The first-order valence-corrected chi connectivity index (χ1v) is 12.6. The fourth-order valence-corrected chi connectivity index (χ4v) is 4.03. The van der Waals surface area contributed by atoms with Gasteiger partial charge in [-0.3, -0.25) is 9.59 Å². The molecule has 0 spiro atoms. The quantitative estimate of drug-likeness (QED) is 0.349. The number of hydrogen-bond acceptors (Lipinski definition) is 3. The number of rotatable bonds is 9. The average molecular weight is 558 g/mol. The first kappa shape index (κ1) is 26.8. The van der Waals surface area contributed by atoms with E-state index < -0.39 is 11.6 Å². The topological polar surface area (TPSA) is 58.6 Å². The zero-order chi connectivity index (χ0) is 25.4. The number of halogens is 2. The van der Waals surface area contributed by atoms with Gasteiger partial charge in [-0.15, -0.1) is 0 Å². The molecule has 2 amide bonds. The van der Waals surface area contributed by atoms with Gasteiger partial charge in [0.05, 0.1) is 5.02 Å². The van der Waals surface area contributed by atoms with E-state index in [1.807, 2.05) is 75.4 Å². The molecule has 5 nitrogen and oxygen atoms in total. The summed E-state index contributed by atoms with van der Waals surface area (Å²) in [5, 5.41) is 3.47. The predicted octanol–water partition coefficient (Wildman–Crippen LogP) is 6.04. The third-order valence-electron chi connectivity index (χ3n) is 5.22. The molecular formula is C28H30BrClN2O3. The van der Waals surface area contributed by atoms with E-state index in [1.165, 1.54) is 0 Å². The van der Waals surface area contributed by atoms with Crippen molar-refractivity contribution in [3.05, 3.63) is 99.5 Å². The maximum atomic E-state index is 13.6. The molecule has 35 heavy (non-hydrogen) atoms. The number of nitrogens with zero attached hydrogens (tertiary/aromatic N) is 1. The van der Waals surface area contributed by atoms with E-state index in [9.17, 15) is 9.59 Å². The van der Waals surface area contributed by atoms with Crippen LogP contribution >= 0.6 is 27.5 Å². The SMILES string of the molecule is CC(C)(C)NC(=O)[C@H](Cc1ccccc1)N(Cc1ccc(Br)cc1)C(=O)COc1ccccc1Cl. The minimum Gasteiger partial charge on any atom is -0.482 e. The molecule has 3 aromatic rings. The molecule has 184 valence electrons. The second-order valence-electron chi connectivity index (χ2n) is 9.31. The Morgan fingerprint density at radius 1 is 0.943 bits per heavy atom. The molecule has 0 saturated carbocycles. The molecule has 0 fully saturated rings. The molecule has 3 aromatic carbocycles. The summed E-state index contributed by atoms with van der Waals surface area (Å²) in [7, 11) is 0. The first-order chi connectivity index (χ1) is 16.6. The largest absolute Gasteiger partial charge is 0.482 e. The normalized spacial score (nSPS) is 12.0. The number of carbonyl (C=O) groups excluding carboxylic acids is 2. The Labute approximate surface area is 220 Å². The second kappa shape index (κ2) is 12.2. The number of benzene rings is 3. The van der Waals surface area contributed by atoms with E-state index >= 15 is 0 Å². The van der Waals surface area contributed by atoms with Crippen LogP contribution in [0.15, 0.2) is 83.3 Å². The van der Waals surface area contributed by atoms with Gasteiger partial charge in [-0.2, -0.15) is 0 Å². The van der Waals surface area contributed by atoms with Gasteiger partial charge in [0.25, 0.3) is 5.91 Å². The summed E-state index contributed by atoms with van der Waals surface area (Å²) in [5.41, 5.74) is 1.41. The Morgan fingerprint density at radius 3 is 2.20 bits per heavy atom. The Morgan fingerprint density at radius 2 is 1.57 bits per heavy atom. The molecule has 1 atom stereocenters. The van der Waals surface area contributed by atoms with Crippen molar-refractivity contribution in [1.82, 2.24) is 10.2 Å². The molecule has 0 bridgehead atoms. The van der Waals surface area contributed by atoms with Gasteiger partial charge in [-0.25, -0.2) is 0 Å². The predicted molar refractivity (Wildman–Crippen MR) is 143 cm³/mol. The van der Waals surface area contributed by atoms with Crippen molar-refractivity contribution in [2.75, 3.05) is 6.61 Å². The standard InChI is InChI=1S/C28H30BrClN2O3/c1-28(2,3)31-27(34)24(17-20-9-5-4-6-10-20)32(18-21-13-15-22(29)16-14-21)26(33)19-35-25-12-8-7-11-23(25)30/h4-16,24H,17-19H2,1-3H3,(H,31,34)/t24-/m0/s1. The summed E-state index contributed by atoms with van der Waals surface area (Å²) in [6.45, 7) is 5.78. The van der Waals surface area contributed by atoms with E-state index in [0.717, 1.165) is 15.6 Å². The number of para-hydroxylation sites is 1. The zero-order valence-electron chi connectivity index (χ0n) is 20.1. The van der Waals surface area contributed by atoms with Crippen LogP contribution < -0.4 is 10.1 Å². The van der Waals surface area contributed by atoms with Gasteiger partial charge >= 0.3 is 0 Å².